The molecule has 2 aromatic heterocycles. The Balaban J connectivity index is 2.66. The molecule has 0 aliphatic heterocycles. The van der Waals surface area contributed by atoms with Gasteiger partial charge in [0.25, 0.3) is 0 Å². The van der Waals surface area contributed by atoms with Crippen molar-refractivity contribution in [1.29, 1.82) is 0 Å². The van der Waals surface area contributed by atoms with E-state index in [1.54, 1.807) is 0 Å². The van der Waals surface area contributed by atoms with Gasteiger partial charge in [-0.1, -0.05) is 18.7 Å². The first-order valence-electron chi connectivity index (χ1n) is 5.29. The van der Waals surface area contributed by atoms with Crippen molar-refractivity contribution in [2.24, 2.45) is 7.05 Å². The molecule has 0 N–H and O–H groups in total. The molecule has 0 fully saturated rings. The molecule has 3 heteroatoms. The number of hydrogen-bond donors (Lipinski definition) is 0. The fraction of sp³-hybridized carbons (Fsp3) is 0.154. The number of hydrogen-bond acceptors (Lipinski definition) is 1. The average molecular weight is 211 g/mol. The lowest BCUT2D eigenvalue weighted by atomic mass is 10.3. The summed E-state index contributed by atoms with van der Waals surface area (Å²) in [5.41, 5.74) is 4.46. The highest BCUT2D eigenvalue weighted by molar-refractivity contribution is 5.82. The van der Waals surface area contributed by atoms with Crippen molar-refractivity contribution in [3.63, 3.8) is 0 Å². The maximum Gasteiger partial charge on any atom is 0.215 e. The Morgan fingerprint density at radius 2 is 1.94 bits per heavy atom. The maximum absolute atomic E-state index is 4.58. The maximum atomic E-state index is 4.58. The van der Waals surface area contributed by atoms with E-state index < -0.39 is 0 Å². The molecule has 3 rings (SSSR count). The molecule has 0 saturated carbocycles. The first kappa shape index (κ1) is 9.21. The summed E-state index contributed by atoms with van der Waals surface area (Å²) in [7, 11) is 2.04. The summed E-state index contributed by atoms with van der Waals surface area (Å²) in [6, 6.07) is 8.30. The number of aryl methyl sites for hydroxylation is 2. The van der Waals surface area contributed by atoms with Crippen LogP contribution >= 0.6 is 0 Å². The van der Waals surface area contributed by atoms with Gasteiger partial charge in [-0.3, -0.25) is 4.40 Å². The second kappa shape index (κ2) is 2.98. The second-order valence-electron chi connectivity index (χ2n) is 3.97. The number of imidazole rings is 2. The zero-order chi connectivity index (χ0) is 11.3. The van der Waals surface area contributed by atoms with E-state index in [0.717, 1.165) is 17.2 Å². The lowest BCUT2D eigenvalue weighted by Gasteiger charge is -1.95. The zero-order valence-corrected chi connectivity index (χ0v) is 9.44. The Labute approximate surface area is 93.6 Å². The van der Waals surface area contributed by atoms with E-state index in [1.807, 2.05) is 32.2 Å². The van der Waals surface area contributed by atoms with Crippen molar-refractivity contribution in [3.05, 3.63) is 42.2 Å². The van der Waals surface area contributed by atoms with Crippen LogP contribution in [0.5, 0.6) is 0 Å². The minimum Gasteiger partial charge on any atom is -0.313 e. The molecule has 0 spiro atoms. The molecule has 0 amide bonds. The van der Waals surface area contributed by atoms with Gasteiger partial charge in [0.05, 0.1) is 22.4 Å². The molecular formula is C13H13N3. The van der Waals surface area contributed by atoms with Crippen LogP contribution < -0.4 is 0 Å². The number of para-hydroxylation sites is 2. The number of benzene rings is 1. The standard InChI is InChI=1S/C13H13N3/c1-4-10-9(2)14-13-15(3)11-7-5-6-8-12(11)16(10)13/h4-8H,1H2,2-3H3. The van der Waals surface area contributed by atoms with Gasteiger partial charge in [0.15, 0.2) is 0 Å². The van der Waals surface area contributed by atoms with Crippen LogP contribution in [-0.2, 0) is 7.05 Å². The number of rotatable bonds is 1. The van der Waals surface area contributed by atoms with E-state index in [2.05, 4.69) is 32.7 Å². The van der Waals surface area contributed by atoms with Gasteiger partial charge in [0, 0.05) is 7.05 Å². The number of nitrogens with zero attached hydrogens (tertiary/aromatic N) is 3. The summed E-state index contributed by atoms with van der Waals surface area (Å²) in [6.45, 7) is 5.87. The molecule has 0 unspecified atom stereocenters. The smallest absolute Gasteiger partial charge is 0.215 e. The number of fused-ring (bicyclic) bond motifs is 3. The van der Waals surface area contributed by atoms with E-state index in [1.165, 1.54) is 11.0 Å². The van der Waals surface area contributed by atoms with E-state index in [-0.39, 0.29) is 0 Å². The third kappa shape index (κ3) is 0.949. The molecule has 0 atom stereocenters. The fourth-order valence-electron chi connectivity index (χ4n) is 2.27. The summed E-state index contributed by atoms with van der Waals surface area (Å²) >= 11 is 0. The third-order valence-corrected chi connectivity index (χ3v) is 3.06. The summed E-state index contributed by atoms with van der Waals surface area (Å²) in [5.74, 6) is 0.966. The van der Waals surface area contributed by atoms with Crippen LogP contribution in [0.2, 0.25) is 0 Å². The Bertz CT molecular complexity index is 701. The molecule has 0 aliphatic rings. The Morgan fingerprint density at radius 3 is 2.62 bits per heavy atom. The van der Waals surface area contributed by atoms with Gasteiger partial charge in [0.1, 0.15) is 0 Å². The normalized spacial score (nSPS) is 11.4. The fourth-order valence-corrected chi connectivity index (χ4v) is 2.27. The predicted molar refractivity (Wildman–Crippen MR) is 66.5 cm³/mol. The Hall–Kier alpha value is -2.03. The molecule has 0 bridgehead atoms. The lowest BCUT2D eigenvalue weighted by Crippen LogP contribution is -1.88. The van der Waals surface area contributed by atoms with Gasteiger partial charge < -0.3 is 4.57 Å². The van der Waals surface area contributed by atoms with Gasteiger partial charge in [-0.2, -0.15) is 0 Å². The molecule has 3 nitrogen and oxygen atoms in total. The average Bonchev–Trinajstić information content (AvgIpc) is 2.76. The van der Waals surface area contributed by atoms with Crippen LogP contribution in [0.25, 0.3) is 22.9 Å². The van der Waals surface area contributed by atoms with E-state index in [9.17, 15) is 0 Å². The van der Waals surface area contributed by atoms with Crippen molar-refractivity contribution in [1.82, 2.24) is 14.0 Å². The lowest BCUT2D eigenvalue weighted by molar-refractivity contribution is 0.967. The molecule has 0 aliphatic carbocycles. The Morgan fingerprint density at radius 1 is 1.25 bits per heavy atom. The van der Waals surface area contributed by atoms with Crippen LogP contribution in [0.15, 0.2) is 30.8 Å². The molecule has 3 aromatic rings. The van der Waals surface area contributed by atoms with Gasteiger partial charge in [-0.05, 0) is 25.1 Å². The predicted octanol–water partition coefficient (Wildman–Crippen LogP) is 2.78. The summed E-state index contributed by atoms with van der Waals surface area (Å²) < 4.78 is 4.26. The van der Waals surface area contributed by atoms with Gasteiger partial charge in [-0.25, -0.2) is 4.98 Å². The van der Waals surface area contributed by atoms with Gasteiger partial charge >= 0.3 is 0 Å². The van der Waals surface area contributed by atoms with Crippen LogP contribution in [0.3, 0.4) is 0 Å². The SMILES string of the molecule is C=Cc1c(C)nc2n(C)c3ccccc3n12. The topological polar surface area (TPSA) is 22.2 Å². The van der Waals surface area contributed by atoms with Gasteiger partial charge in [-0.15, -0.1) is 0 Å². The molecule has 1 aromatic carbocycles. The highest BCUT2D eigenvalue weighted by atomic mass is 15.2. The monoisotopic (exact) mass is 211 g/mol. The van der Waals surface area contributed by atoms with Crippen LogP contribution in [0.1, 0.15) is 11.4 Å². The van der Waals surface area contributed by atoms with Crippen molar-refractivity contribution in [2.75, 3.05) is 0 Å². The summed E-state index contributed by atoms with van der Waals surface area (Å²) in [5, 5.41) is 0. The highest BCUT2D eigenvalue weighted by Crippen LogP contribution is 2.23. The molecule has 80 valence electrons. The molecule has 0 saturated heterocycles. The van der Waals surface area contributed by atoms with E-state index in [0.29, 0.717) is 0 Å². The second-order valence-corrected chi connectivity index (χ2v) is 3.97. The quantitative estimate of drug-likeness (QED) is 0.606. The van der Waals surface area contributed by atoms with Crippen molar-refractivity contribution < 1.29 is 0 Å². The summed E-state index contributed by atoms with van der Waals surface area (Å²) in [4.78, 5) is 4.58. The first-order chi connectivity index (χ1) is 7.74. The van der Waals surface area contributed by atoms with E-state index >= 15 is 0 Å². The minimum atomic E-state index is 0.966. The zero-order valence-electron chi connectivity index (χ0n) is 9.44. The summed E-state index contributed by atoms with van der Waals surface area (Å²) in [6.07, 6.45) is 1.86. The minimum absolute atomic E-state index is 0.966. The van der Waals surface area contributed by atoms with Crippen molar-refractivity contribution in [3.8, 4) is 0 Å². The van der Waals surface area contributed by atoms with E-state index in [4.69, 9.17) is 0 Å². The van der Waals surface area contributed by atoms with Crippen molar-refractivity contribution in [2.45, 2.75) is 6.92 Å². The van der Waals surface area contributed by atoms with Crippen molar-refractivity contribution >= 4 is 22.9 Å². The van der Waals surface area contributed by atoms with Crippen LogP contribution in [0.4, 0.5) is 0 Å². The number of aromatic nitrogens is 3. The molecule has 0 radical (unpaired) electrons. The highest BCUT2D eigenvalue weighted by Gasteiger charge is 2.13. The first-order valence-corrected chi connectivity index (χ1v) is 5.29. The Kier molecular flexibility index (Phi) is 1.72. The molecule has 2 heterocycles. The van der Waals surface area contributed by atoms with Gasteiger partial charge in [0.2, 0.25) is 5.78 Å². The molecule has 16 heavy (non-hydrogen) atoms. The van der Waals surface area contributed by atoms with Crippen LogP contribution in [-0.4, -0.2) is 14.0 Å². The van der Waals surface area contributed by atoms with Crippen LogP contribution in [0, 0.1) is 6.92 Å². The molecular weight excluding hydrogens is 198 g/mol. The largest absolute Gasteiger partial charge is 0.313 e. The third-order valence-electron chi connectivity index (χ3n) is 3.06.